The van der Waals surface area contributed by atoms with Crippen molar-refractivity contribution in [1.29, 1.82) is 0 Å². The summed E-state index contributed by atoms with van der Waals surface area (Å²) < 4.78 is 0. The highest BCUT2D eigenvalue weighted by molar-refractivity contribution is 5.96. The molecule has 38 heavy (non-hydrogen) atoms. The molecule has 0 spiro atoms. The Morgan fingerprint density at radius 1 is 0.421 bits per heavy atom. The molecule has 4 heteroatoms. The van der Waals surface area contributed by atoms with Crippen LogP contribution >= 0.6 is 0 Å². The van der Waals surface area contributed by atoms with Crippen LogP contribution in [0.5, 0.6) is 0 Å². The van der Waals surface area contributed by atoms with Gasteiger partial charge in [-0.15, -0.1) is 0 Å². The maximum absolute atomic E-state index is 11.4. The molecule has 0 saturated carbocycles. The standard InChI is InChI=1S/C34H26O4/c1-21-3-7-23(8-4-21)29-19-31(25-11-15-27(16-12-25)33(35)36)32(26-13-17-28(18-14-26)34(37)38)20-30(29)24-9-5-22(2)6-10-24/h3-20H,1-2H3,(H,35,36)(H,37,38)/p-2. The van der Waals surface area contributed by atoms with Crippen LogP contribution in [0.25, 0.3) is 44.5 Å². The van der Waals surface area contributed by atoms with E-state index in [1.165, 1.54) is 24.3 Å². The van der Waals surface area contributed by atoms with E-state index in [4.69, 9.17) is 0 Å². The van der Waals surface area contributed by atoms with Crippen molar-refractivity contribution < 1.29 is 19.8 Å². The van der Waals surface area contributed by atoms with Gasteiger partial charge in [0.05, 0.1) is 11.9 Å². The summed E-state index contributed by atoms with van der Waals surface area (Å²) in [4.78, 5) is 22.7. The zero-order chi connectivity index (χ0) is 26.8. The minimum absolute atomic E-state index is 0.101. The molecule has 5 rings (SSSR count). The molecule has 0 fully saturated rings. The molecular weight excluding hydrogens is 472 g/mol. The van der Waals surface area contributed by atoms with Gasteiger partial charge in [0.25, 0.3) is 0 Å². The number of aromatic carboxylic acids is 2. The van der Waals surface area contributed by atoms with Crippen molar-refractivity contribution in [2.75, 3.05) is 0 Å². The molecule has 186 valence electrons. The molecule has 0 aliphatic carbocycles. The van der Waals surface area contributed by atoms with Crippen LogP contribution in [0.3, 0.4) is 0 Å². The first-order chi connectivity index (χ1) is 18.3. The van der Waals surface area contributed by atoms with Crippen LogP contribution in [0.2, 0.25) is 0 Å². The highest BCUT2D eigenvalue weighted by Crippen LogP contribution is 2.42. The molecule has 0 N–H and O–H groups in total. The first-order valence-electron chi connectivity index (χ1n) is 12.3. The number of carbonyl (C=O) groups is 2. The summed E-state index contributed by atoms with van der Waals surface area (Å²) in [5.41, 5.74) is 10.1. The maximum atomic E-state index is 11.4. The SMILES string of the molecule is Cc1ccc(-c2cc(-c3ccc(C(=O)[O-])cc3)c(-c3ccc(C(=O)[O-])cc3)cc2-c2ccc(C)cc2)cc1. The summed E-state index contributed by atoms with van der Waals surface area (Å²) in [6.07, 6.45) is 0. The lowest BCUT2D eigenvalue weighted by atomic mass is 9.85. The smallest absolute Gasteiger partial charge is 0.0715 e. The Morgan fingerprint density at radius 3 is 0.895 bits per heavy atom. The zero-order valence-corrected chi connectivity index (χ0v) is 21.0. The van der Waals surface area contributed by atoms with E-state index in [2.05, 4.69) is 60.7 Å². The number of aryl methyl sites for hydroxylation is 2. The summed E-state index contributed by atoms with van der Waals surface area (Å²) >= 11 is 0. The summed E-state index contributed by atoms with van der Waals surface area (Å²) in [6, 6.07) is 34.2. The number of rotatable bonds is 6. The van der Waals surface area contributed by atoms with Crippen molar-refractivity contribution in [1.82, 2.24) is 0 Å². The van der Waals surface area contributed by atoms with E-state index in [1.807, 2.05) is 13.8 Å². The third-order valence-electron chi connectivity index (χ3n) is 6.75. The predicted molar refractivity (Wildman–Crippen MR) is 146 cm³/mol. The van der Waals surface area contributed by atoms with Gasteiger partial charge in [0, 0.05) is 0 Å². The van der Waals surface area contributed by atoms with Gasteiger partial charge in [0.1, 0.15) is 0 Å². The molecule has 0 radical (unpaired) electrons. The second-order valence-electron chi connectivity index (χ2n) is 9.41. The molecule has 0 aliphatic rings. The number of benzene rings is 5. The number of hydrogen-bond acceptors (Lipinski definition) is 4. The van der Waals surface area contributed by atoms with Gasteiger partial charge >= 0.3 is 0 Å². The molecule has 0 aromatic heterocycles. The first-order valence-corrected chi connectivity index (χ1v) is 12.3. The molecule has 5 aromatic carbocycles. The van der Waals surface area contributed by atoms with Gasteiger partial charge in [-0.3, -0.25) is 0 Å². The Kier molecular flexibility index (Phi) is 6.63. The van der Waals surface area contributed by atoms with Gasteiger partial charge in [-0.25, -0.2) is 0 Å². The summed E-state index contributed by atoms with van der Waals surface area (Å²) in [5.74, 6) is -2.46. The monoisotopic (exact) mass is 496 g/mol. The lowest BCUT2D eigenvalue weighted by molar-refractivity contribution is -0.256. The molecule has 0 amide bonds. The molecule has 0 aliphatic heterocycles. The van der Waals surface area contributed by atoms with Gasteiger partial charge in [-0.05, 0) is 81.6 Å². The Balaban J connectivity index is 1.80. The van der Waals surface area contributed by atoms with E-state index < -0.39 is 11.9 Å². The lowest BCUT2D eigenvalue weighted by Gasteiger charge is -2.19. The summed E-state index contributed by atoms with van der Waals surface area (Å²) in [7, 11) is 0. The van der Waals surface area contributed by atoms with E-state index >= 15 is 0 Å². The Bertz CT molecular complexity index is 1500. The number of hydrogen-bond donors (Lipinski definition) is 0. The molecular formula is C34H24O4-2. The predicted octanol–water partition coefficient (Wildman–Crippen LogP) is 5.70. The Morgan fingerprint density at radius 2 is 0.658 bits per heavy atom. The molecule has 0 saturated heterocycles. The first kappa shape index (κ1) is 24.7. The Hall–Kier alpha value is -4.96. The van der Waals surface area contributed by atoms with Gasteiger partial charge in [0.2, 0.25) is 0 Å². The third kappa shape index (κ3) is 4.97. The quantitative estimate of drug-likeness (QED) is 0.302. The van der Waals surface area contributed by atoms with E-state index in [-0.39, 0.29) is 11.1 Å². The highest BCUT2D eigenvalue weighted by atomic mass is 16.4. The fourth-order valence-corrected chi connectivity index (χ4v) is 4.59. The van der Waals surface area contributed by atoms with Crippen molar-refractivity contribution in [3.8, 4) is 44.5 Å². The van der Waals surface area contributed by atoms with Crippen molar-refractivity contribution in [2.45, 2.75) is 13.8 Å². The van der Waals surface area contributed by atoms with Crippen LogP contribution in [0.15, 0.2) is 109 Å². The average molecular weight is 497 g/mol. The Labute approximate surface area is 221 Å². The number of carboxylic acids is 2. The molecule has 0 unspecified atom stereocenters. The minimum atomic E-state index is -1.23. The summed E-state index contributed by atoms with van der Waals surface area (Å²) in [5, 5.41) is 22.7. The highest BCUT2D eigenvalue weighted by Gasteiger charge is 2.16. The van der Waals surface area contributed by atoms with Crippen LogP contribution < -0.4 is 10.2 Å². The van der Waals surface area contributed by atoms with Crippen LogP contribution in [0.4, 0.5) is 0 Å². The van der Waals surface area contributed by atoms with Crippen LogP contribution in [0.1, 0.15) is 31.8 Å². The molecule has 0 heterocycles. The van der Waals surface area contributed by atoms with Gasteiger partial charge in [-0.2, -0.15) is 0 Å². The van der Waals surface area contributed by atoms with E-state index in [0.717, 1.165) is 55.6 Å². The van der Waals surface area contributed by atoms with Crippen molar-refractivity contribution >= 4 is 11.9 Å². The van der Waals surface area contributed by atoms with E-state index in [0.29, 0.717) is 0 Å². The van der Waals surface area contributed by atoms with Crippen LogP contribution in [-0.4, -0.2) is 11.9 Å². The molecule has 5 aromatic rings. The van der Waals surface area contributed by atoms with Crippen LogP contribution in [-0.2, 0) is 0 Å². The third-order valence-corrected chi connectivity index (χ3v) is 6.75. The normalized spacial score (nSPS) is 10.8. The number of carboxylic acid groups (broad SMARTS) is 2. The fraction of sp³-hybridized carbons (Fsp3) is 0.0588. The maximum Gasteiger partial charge on any atom is 0.0715 e. The van der Waals surface area contributed by atoms with Gasteiger partial charge in [-0.1, -0.05) is 108 Å². The van der Waals surface area contributed by atoms with Crippen molar-refractivity contribution in [3.63, 3.8) is 0 Å². The topological polar surface area (TPSA) is 80.3 Å². The summed E-state index contributed by atoms with van der Waals surface area (Å²) in [6.45, 7) is 4.10. The van der Waals surface area contributed by atoms with E-state index in [1.54, 1.807) is 24.3 Å². The molecule has 4 nitrogen and oxygen atoms in total. The van der Waals surface area contributed by atoms with Gasteiger partial charge in [0.15, 0.2) is 0 Å². The molecule has 0 bridgehead atoms. The second kappa shape index (κ2) is 10.2. The average Bonchev–Trinajstić information content (AvgIpc) is 2.93. The lowest BCUT2D eigenvalue weighted by Crippen LogP contribution is -2.22. The van der Waals surface area contributed by atoms with E-state index in [9.17, 15) is 19.8 Å². The molecule has 0 atom stereocenters. The van der Waals surface area contributed by atoms with Gasteiger partial charge < -0.3 is 19.8 Å². The minimum Gasteiger partial charge on any atom is -0.545 e. The zero-order valence-electron chi connectivity index (χ0n) is 21.0. The van der Waals surface area contributed by atoms with Crippen LogP contribution in [0, 0.1) is 13.8 Å². The fourth-order valence-electron chi connectivity index (χ4n) is 4.59. The number of carbonyl (C=O) groups excluding carboxylic acids is 2. The van der Waals surface area contributed by atoms with Crippen molar-refractivity contribution in [2.24, 2.45) is 0 Å². The largest absolute Gasteiger partial charge is 0.545 e. The second-order valence-corrected chi connectivity index (χ2v) is 9.41. The van der Waals surface area contributed by atoms with Crippen molar-refractivity contribution in [3.05, 3.63) is 131 Å².